The van der Waals surface area contributed by atoms with E-state index in [9.17, 15) is 4.79 Å². The van der Waals surface area contributed by atoms with Gasteiger partial charge in [0.1, 0.15) is 0 Å². The molecule has 4 heteroatoms. The van der Waals surface area contributed by atoms with Crippen LogP contribution in [0.2, 0.25) is 0 Å². The van der Waals surface area contributed by atoms with Crippen molar-refractivity contribution in [2.45, 2.75) is 12.8 Å². The maximum atomic E-state index is 12.5. The van der Waals surface area contributed by atoms with Gasteiger partial charge in [0.05, 0.1) is 0 Å². The van der Waals surface area contributed by atoms with E-state index >= 15 is 0 Å². The number of aromatic nitrogens is 1. The van der Waals surface area contributed by atoms with Crippen LogP contribution in [-0.4, -0.2) is 28.9 Å². The Balaban J connectivity index is 1.51. The normalized spacial score (nSPS) is 21.0. The third-order valence-corrected chi connectivity index (χ3v) is 4.96. The summed E-state index contributed by atoms with van der Waals surface area (Å²) in [6, 6.07) is 8.27. The number of allylic oxidation sites excluding steroid dienone is 3. The molecule has 22 heavy (non-hydrogen) atoms. The van der Waals surface area contributed by atoms with Crippen LogP contribution in [0.25, 0.3) is 10.9 Å². The fourth-order valence-electron chi connectivity index (χ4n) is 3.49. The van der Waals surface area contributed by atoms with Crippen LogP contribution in [0.4, 0.5) is 0 Å². The topological polar surface area (TPSA) is 36.1 Å². The molecule has 2 heterocycles. The van der Waals surface area contributed by atoms with E-state index in [0.29, 0.717) is 5.03 Å². The summed E-state index contributed by atoms with van der Waals surface area (Å²) in [5.41, 5.74) is 3.22. The number of nitrogens with one attached hydrogen (secondary N) is 1. The highest BCUT2D eigenvalue weighted by molar-refractivity contribution is 6.33. The summed E-state index contributed by atoms with van der Waals surface area (Å²) in [6.45, 7) is 1.53. The van der Waals surface area contributed by atoms with Crippen molar-refractivity contribution in [1.82, 2.24) is 9.88 Å². The largest absolute Gasteiger partial charge is 0.361 e. The van der Waals surface area contributed by atoms with Crippen molar-refractivity contribution in [3.8, 4) is 0 Å². The van der Waals surface area contributed by atoms with Gasteiger partial charge < -0.3 is 9.88 Å². The third-order valence-electron chi connectivity index (χ3n) is 4.63. The first-order valence-electron chi connectivity index (χ1n) is 7.64. The minimum Gasteiger partial charge on any atom is -0.361 e. The number of halogens is 1. The molecule has 1 aliphatic carbocycles. The SMILES string of the molecule is O=C1C2=C(Cl)C=CCC2CN1CCc1c[nH]c2ccccc12. The van der Waals surface area contributed by atoms with E-state index < -0.39 is 0 Å². The Hall–Kier alpha value is -2.00. The van der Waals surface area contributed by atoms with Crippen LogP contribution in [0.15, 0.2) is 53.2 Å². The van der Waals surface area contributed by atoms with Crippen molar-refractivity contribution < 1.29 is 4.79 Å². The molecule has 0 saturated carbocycles. The number of hydrogen-bond acceptors (Lipinski definition) is 1. The van der Waals surface area contributed by atoms with Crippen LogP contribution < -0.4 is 0 Å². The number of fused-ring (bicyclic) bond motifs is 2. The quantitative estimate of drug-likeness (QED) is 0.923. The van der Waals surface area contributed by atoms with Gasteiger partial charge in [-0.05, 0) is 30.5 Å². The molecule has 0 spiro atoms. The molecule has 112 valence electrons. The molecular weight excluding hydrogens is 296 g/mol. The third kappa shape index (κ3) is 2.17. The summed E-state index contributed by atoms with van der Waals surface area (Å²) in [6.07, 6.45) is 7.75. The van der Waals surface area contributed by atoms with E-state index in [0.717, 1.165) is 37.0 Å². The number of rotatable bonds is 3. The summed E-state index contributed by atoms with van der Waals surface area (Å²) < 4.78 is 0. The number of hydrogen-bond donors (Lipinski definition) is 1. The fraction of sp³-hybridized carbons (Fsp3) is 0.278. The van der Waals surface area contributed by atoms with Gasteiger partial charge in [-0.25, -0.2) is 0 Å². The average Bonchev–Trinajstić information content (AvgIpc) is 3.08. The molecule has 2 aliphatic rings. The molecule has 1 saturated heterocycles. The van der Waals surface area contributed by atoms with Gasteiger partial charge in [-0.1, -0.05) is 35.9 Å². The number of H-pyrrole nitrogens is 1. The molecule has 4 rings (SSSR count). The van der Waals surface area contributed by atoms with Crippen LogP contribution in [0.1, 0.15) is 12.0 Å². The summed E-state index contributed by atoms with van der Waals surface area (Å²) in [4.78, 5) is 17.7. The lowest BCUT2D eigenvalue weighted by molar-refractivity contribution is -0.124. The van der Waals surface area contributed by atoms with Gasteiger partial charge in [0.25, 0.3) is 5.91 Å². The number of likely N-dealkylation sites (tertiary alicyclic amines) is 1. The monoisotopic (exact) mass is 312 g/mol. The van der Waals surface area contributed by atoms with Crippen molar-refractivity contribution in [2.24, 2.45) is 5.92 Å². The van der Waals surface area contributed by atoms with Crippen molar-refractivity contribution >= 4 is 28.4 Å². The Bertz CT molecular complexity index is 802. The van der Waals surface area contributed by atoms with Gasteiger partial charge in [-0.2, -0.15) is 0 Å². The Morgan fingerprint density at radius 3 is 3.05 bits per heavy atom. The number of para-hydroxylation sites is 1. The van der Waals surface area contributed by atoms with E-state index in [-0.39, 0.29) is 11.8 Å². The molecule has 1 atom stereocenters. The number of benzene rings is 1. The maximum absolute atomic E-state index is 12.5. The van der Waals surface area contributed by atoms with Crippen molar-refractivity contribution in [2.75, 3.05) is 13.1 Å². The van der Waals surface area contributed by atoms with Gasteiger partial charge in [-0.15, -0.1) is 0 Å². The smallest absolute Gasteiger partial charge is 0.251 e. The number of carbonyl (C=O) groups is 1. The second-order valence-corrected chi connectivity index (χ2v) is 6.36. The van der Waals surface area contributed by atoms with Crippen molar-refractivity contribution in [3.63, 3.8) is 0 Å². The first-order chi connectivity index (χ1) is 10.7. The highest BCUT2D eigenvalue weighted by Gasteiger charge is 2.37. The van der Waals surface area contributed by atoms with Crippen molar-refractivity contribution in [1.29, 1.82) is 0 Å². The molecule has 3 nitrogen and oxygen atoms in total. The maximum Gasteiger partial charge on any atom is 0.251 e. The highest BCUT2D eigenvalue weighted by Crippen LogP contribution is 2.35. The minimum absolute atomic E-state index is 0.110. The molecule has 0 bridgehead atoms. The first kappa shape index (κ1) is 13.6. The van der Waals surface area contributed by atoms with Crippen molar-refractivity contribution in [3.05, 3.63) is 58.8 Å². The van der Waals surface area contributed by atoms with Crippen LogP contribution in [0, 0.1) is 5.92 Å². The van der Waals surface area contributed by atoms with Gasteiger partial charge in [-0.3, -0.25) is 4.79 Å². The van der Waals surface area contributed by atoms with E-state index in [4.69, 9.17) is 11.6 Å². The lowest BCUT2D eigenvalue weighted by atomic mass is 9.94. The summed E-state index contributed by atoms with van der Waals surface area (Å²) in [5.74, 6) is 0.382. The number of amides is 1. The van der Waals surface area contributed by atoms with E-state index in [1.807, 2.05) is 29.3 Å². The highest BCUT2D eigenvalue weighted by atomic mass is 35.5. The molecule has 1 N–H and O–H groups in total. The second-order valence-electron chi connectivity index (χ2n) is 5.96. The Morgan fingerprint density at radius 2 is 2.18 bits per heavy atom. The zero-order chi connectivity index (χ0) is 15.1. The predicted molar refractivity (Wildman–Crippen MR) is 88.7 cm³/mol. The number of aromatic amines is 1. The molecule has 1 aromatic carbocycles. The van der Waals surface area contributed by atoms with Gasteiger partial charge in [0.15, 0.2) is 0 Å². The fourth-order valence-corrected chi connectivity index (χ4v) is 3.81. The number of nitrogens with zero attached hydrogens (tertiary/aromatic N) is 1. The van der Waals surface area contributed by atoms with Gasteiger partial charge in [0.2, 0.25) is 0 Å². The summed E-state index contributed by atoms with van der Waals surface area (Å²) in [5, 5.41) is 1.86. The lowest BCUT2D eigenvalue weighted by Crippen LogP contribution is -2.27. The van der Waals surface area contributed by atoms with E-state index in [1.54, 1.807) is 0 Å². The standard InChI is InChI=1S/C18H17ClN2O/c19-15-6-3-4-13-11-21(18(22)17(13)15)9-8-12-10-20-16-7-2-1-5-14(12)16/h1-3,5-7,10,13,20H,4,8-9,11H2. The molecular formula is C18H17ClN2O. The van der Waals surface area contributed by atoms with Gasteiger partial charge in [0, 0.05) is 46.7 Å². The van der Waals surface area contributed by atoms with Crippen LogP contribution in [-0.2, 0) is 11.2 Å². The molecule has 2 aromatic rings. The molecule has 1 aromatic heterocycles. The van der Waals surface area contributed by atoms with Gasteiger partial charge >= 0.3 is 0 Å². The van der Waals surface area contributed by atoms with E-state index in [2.05, 4.69) is 23.2 Å². The molecule has 1 unspecified atom stereocenters. The van der Waals surface area contributed by atoms with Crippen LogP contribution in [0.5, 0.6) is 0 Å². The molecule has 1 aliphatic heterocycles. The number of carbonyl (C=O) groups excluding carboxylic acids is 1. The van der Waals surface area contributed by atoms with Crippen LogP contribution in [0.3, 0.4) is 0 Å². The zero-order valence-electron chi connectivity index (χ0n) is 12.2. The average molecular weight is 313 g/mol. The molecule has 1 fully saturated rings. The Labute approximate surface area is 134 Å². The first-order valence-corrected chi connectivity index (χ1v) is 8.02. The molecule has 0 radical (unpaired) electrons. The minimum atomic E-state index is 0.110. The zero-order valence-corrected chi connectivity index (χ0v) is 12.9. The van der Waals surface area contributed by atoms with Crippen LogP contribution >= 0.6 is 11.6 Å². The predicted octanol–water partition coefficient (Wildman–Crippen LogP) is 3.62. The molecule has 1 amide bonds. The Morgan fingerprint density at radius 1 is 1.32 bits per heavy atom. The second kappa shape index (κ2) is 5.33. The summed E-state index contributed by atoms with van der Waals surface area (Å²) >= 11 is 6.20. The van der Waals surface area contributed by atoms with E-state index in [1.165, 1.54) is 10.9 Å². The summed E-state index contributed by atoms with van der Waals surface area (Å²) in [7, 11) is 0. The Kier molecular flexibility index (Phi) is 3.30. The lowest BCUT2D eigenvalue weighted by Gasteiger charge is -2.15.